The van der Waals surface area contributed by atoms with Crippen LogP contribution in [0.4, 0.5) is 5.69 Å². The number of benzene rings is 1. The second-order valence-electron chi connectivity index (χ2n) is 4.11. The van der Waals surface area contributed by atoms with E-state index in [1.807, 2.05) is 26.0 Å². The molecule has 1 nitrogen and oxygen atoms in total. The number of rotatable bonds is 1. The van der Waals surface area contributed by atoms with E-state index in [1.54, 1.807) is 0 Å². The van der Waals surface area contributed by atoms with E-state index in [0.717, 1.165) is 13.0 Å². The van der Waals surface area contributed by atoms with Crippen molar-refractivity contribution in [1.82, 2.24) is 0 Å². The van der Waals surface area contributed by atoms with Crippen LogP contribution in [0.15, 0.2) is 36.9 Å². The first kappa shape index (κ1) is 14.3. The van der Waals surface area contributed by atoms with Gasteiger partial charge in [0.05, 0.1) is 0 Å². The number of nitrogens with one attached hydrogen (secondary N) is 1. The molecule has 0 bridgehead atoms. The zero-order valence-electron chi connectivity index (χ0n) is 11.7. The van der Waals surface area contributed by atoms with Gasteiger partial charge >= 0.3 is 0 Å². The Morgan fingerprint density at radius 1 is 1.22 bits per heavy atom. The molecule has 1 aliphatic heterocycles. The molecule has 0 aromatic heterocycles. The summed E-state index contributed by atoms with van der Waals surface area (Å²) in [5.41, 5.74) is 3.81. The largest absolute Gasteiger partial charge is 0.381 e. The Hall–Kier alpha value is -1.76. The van der Waals surface area contributed by atoms with E-state index in [-0.39, 0.29) is 0 Å². The van der Waals surface area contributed by atoms with Crippen molar-refractivity contribution in [3.8, 4) is 0 Å². The highest BCUT2D eigenvalue weighted by Gasteiger charge is 2.10. The van der Waals surface area contributed by atoms with E-state index >= 15 is 0 Å². The van der Waals surface area contributed by atoms with Crippen molar-refractivity contribution in [3.63, 3.8) is 0 Å². The maximum absolute atomic E-state index is 4.03. The van der Waals surface area contributed by atoms with Crippen LogP contribution in [-0.4, -0.2) is 6.54 Å². The minimum Gasteiger partial charge on any atom is -0.381 e. The number of anilines is 1. The summed E-state index contributed by atoms with van der Waals surface area (Å²) in [6.07, 6.45) is 6.98. The van der Waals surface area contributed by atoms with Crippen molar-refractivity contribution in [2.75, 3.05) is 11.9 Å². The molecule has 0 saturated carbocycles. The molecule has 0 aliphatic carbocycles. The maximum atomic E-state index is 4.03. The van der Waals surface area contributed by atoms with Crippen LogP contribution in [0.25, 0.3) is 12.2 Å². The fourth-order valence-electron chi connectivity index (χ4n) is 2.06. The highest BCUT2D eigenvalue weighted by Crippen LogP contribution is 2.20. The van der Waals surface area contributed by atoms with Crippen LogP contribution in [0.5, 0.6) is 0 Å². The predicted molar refractivity (Wildman–Crippen MR) is 83.2 cm³/mol. The number of allylic oxidation sites excluding steroid dienone is 1. The molecule has 1 aromatic rings. The third-order valence-electron chi connectivity index (χ3n) is 2.89. The number of hydrogen-bond donors (Lipinski definition) is 1. The van der Waals surface area contributed by atoms with E-state index in [0.29, 0.717) is 0 Å². The SMILES string of the molecule is C=C/C=c1/cc2c(c/c1=C/C)NCC(=C)C2.CC. The maximum Gasteiger partial charge on any atom is 0.0384 e. The molecular formula is C17H23N. The minimum absolute atomic E-state index is 0.890. The highest BCUT2D eigenvalue weighted by molar-refractivity contribution is 5.58. The Balaban J connectivity index is 0.000000771. The fourth-order valence-corrected chi connectivity index (χ4v) is 2.06. The van der Waals surface area contributed by atoms with Crippen LogP contribution in [0, 0.1) is 0 Å². The first-order valence-corrected chi connectivity index (χ1v) is 6.57. The summed E-state index contributed by atoms with van der Waals surface area (Å²) in [6.45, 7) is 14.7. The lowest BCUT2D eigenvalue weighted by molar-refractivity contribution is 1.03. The van der Waals surface area contributed by atoms with Gasteiger partial charge < -0.3 is 5.32 Å². The van der Waals surface area contributed by atoms with Crippen molar-refractivity contribution in [1.29, 1.82) is 0 Å². The molecule has 0 amide bonds. The van der Waals surface area contributed by atoms with E-state index in [1.165, 1.54) is 27.3 Å². The van der Waals surface area contributed by atoms with Gasteiger partial charge in [-0.15, -0.1) is 0 Å². The third kappa shape index (κ3) is 3.13. The van der Waals surface area contributed by atoms with Gasteiger partial charge in [-0.05, 0) is 41.5 Å². The summed E-state index contributed by atoms with van der Waals surface area (Å²) in [7, 11) is 0. The molecule has 1 aliphatic rings. The lowest BCUT2D eigenvalue weighted by Crippen LogP contribution is -2.28. The van der Waals surface area contributed by atoms with E-state index in [2.05, 4.69) is 43.6 Å². The summed E-state index contributed by atoms with van der Waals surface area (Å²) in [6, 6.07) is 4.43. The molecule has 0 fully saturated rings. The number of hydrogen-bond acceptors (Lipinski definition) is 1. The first-order valence-electron chi connectivity index (χ1n) is 6.57. The van der Waals surface area contributed by atoms with Crippen LogP contribution in [0.2, 0.25) is 0 Å². The molecule has 1 heteroatoms. The first-order chi connectivity index (χ1) is 8.74. The van der Waals surface area contributed by atoms with E-state index in [4.69, 9.17) is 0 Å². The molecular weight excluding hydrogens is 218 g/mol. The van der Waals surface area contributed by atoms with Gasteiger partial charge in [0, 0.05) is 12.2 Å². The fraction of sp³-hybridized carbons (Fsp3) is 0.294. The topological polar surface area (TPSA) is 12.0 Å². The lowest BCUT2D eigenvalue weighted by atomic mass is 9.98. The molecule has 1 aromatic carbocycles. The summed E-state index contributed by atoms with van der Waals surface area (Å²) >= 11 is 0. The molecule has 0 atom stereocenters. The van der Waals surface area contributed by atoms with E-state index < -0.39 is 0 Å². The zero-order chi connectivity index (χ0) is 13.5. The molecule has 0 radical (unpaired) electrons. The van der Waals surface area contributed by atoms with Gasteiger partial charge in [0.2, 0.25) is 0 Å². The smallest absolute Gasteiger partial charge is 0.0384 e. The molecule has 2 rings (SSSR count). The number of fused-ring (bicyclic) bond motifs is 1. The van der Waals surface area contributed by atoms with Crippen molar-refractivity contribution in [3.05, 3.63) is 52.9 Å². The van der Waals surface area contributed by atoms with Gasteiger partial charge in [0.15, 0.2) is 0 Å². The van der Waals surface area contributed by atoms with Crippen LogP contribution in [0.3, 0.4) is 0 Å². The van der Waals surface area contributed by atoms with Crippen LogP contribution in [0.1, 0.15) is 26.3 Å². The van der Waals surface area contributed by atoms with Gasteiger partial charge in [-0.3, -0.25) is 0 Å². The summed E-state index contributed by atoms with van der Waals surface area (Å²) in [5, 5.41) is 5.88. The Morgan fingerprint density at radius 3 is 2.56 bits per heavy atom. The predicted octanol–water partition coefficient (Wildman–Crippen LogP) is 3.00. The molecule has 0 saturated heterocycles. The Kier molecular flexibility index (Phi) is 5.44. The van der Waals surface area contributed by atoms with Gasteiger partial charge in [-0.1, -0.05) is 50.8 Å². The van der Waals surface area contributed by atoms with Crippen LogP contribution in [-0.2, 0) is 6.42 Å². The minimum atomic E-state index is 0.890. The van der Waals surface area contributed by atoms with Gasteiger partial charge in [0.25, 0.3) is 0 Å². The summed E-state index contributed by atoms with van der Waals surface area (Å²) in [4.78, 5) is 0. The van der Waals surface area contributed by atoms with Gasteiger partial charge in [-0.25, -0.2) is 0 Å². The van der Waals surface area contributed by atoms with Gasteiger partial charge in [-0.2, -0.15) is 0 Å². The molecule has 96 valence electrons. The quantitative estimate of drug-likeness (QED) is 0.745. The van der Waals surface area contributed by atoms with Gasteiger partial charge in [0.1, 0.15) is 0 Å². The highest BCUT2D eigenvalue weighted by atomic mass is 14.9. The Bertz CT molecular complexity index is 550. The van der Waals surface area contributed by atoms with E-state index in [9.17, 15) is 0 Å². The summed E-state index contributed by atoms with van der Waals surface area (Å²) in [5.74, 6) is 0. The third-order valence-corrected chi connectivity index (χ3v) is 2.89. The Labute approximate surface area is 110 Å². The second-order valence-corrected chi connectivity index (χ2v) is 4.11. The normalized spacial score (nSPS) is 15.4. The lowest BCUT2D eigenvalue weighted by Gasteiger charge is -2.20. The summed E-state index contributed by atoms with van der Waals surface area (Å²) < 4.78 is 0. The van der Waals surface area contributed by atoms with Crippen molar-refractivity contribution < 1.29 is 0 Å². The standard InChI is InChI=1S/C15H17N.C2H6/c1-4-6-13-8-14-7-11(3)10-16-15(14)9-12(13)5-2;1-2/h4-6,8-9,16H,1,3,7,10H2,2H3;1-2H3/b12-5-,13-6-;. The molecule has 1 heterocycles. The molecule has 0 unspecified atom stereocenters. The Morgan fingerprint density at radius 2 is 1.94 bits per heavy atom. The zero-order valence-corrected chi connectivity index (χ0v) is 11.7. The van der Waals surface area contributed by atoms with Crippen molar-refractivity contribution >= 4 is 17.8 Å². The average molecular weight is 241 g/mol. The molecule has 0 spiro atoms. The van der Waals surface area contributed by atoms with Crippen molar-refractivity contribution in [2.24, 2.45) is 0 Å². The second kappa shape index (κ2) is 6.85. The monoisotopic (exact) mass is 241 g/mol. The molecule has 1 N–H and O–H groups in total. The van der Waals surface area contributed by atoms with Crippen LogP contribution >= 0.6 is 0 Å². The van der Waals surface area contributed by atoms with Crippen LogP contribution < -0.4 is 15.8 Å². The molecule has 18 heavy (non-hydrogen) atoms. The average Bonchev–Trinajstić information content (AvgIpc) is 2.40. The van der Waals surface area contributed by atoms with Crippen molar-refractivity contribution in [2.45, 2.75) is 27.2 Å².